The van der Waals surface area contributed by atoms with Crippen LogP contribution in [0.15, 0.2) is 28.7 Å². The van der Waals surface area contributed by atoms with Crippen LogP contribution >= 0.6 is 0 Å². The average Bonchev–Trinajstić information content (AvgIpc) is 2.47. The first-order valence-corrected chi connectivity index (χ1v) is 4.10. The summed E-state index contributed by atoms with van der Waals surface area (Å²) < 4.78 is 0. The van der Waals surface area contributed by atoms with Crippen LogP contribution in [0.3, 0.4) is 0 Å². The molecule has 2 heterocycles. The molecule has 0 N–H and O–H groups in total. The molecular formula is C9H10N4. The largest absolute Gasteiger partial charge is 0.162 e. The predicted molar refractivity (Wildman–Crippen MR) is 50.8 cm³/mol. The lowest BCUT2D eigenvalue weighted by molar-refractivity contribution is 0.760. The van der Waals surface area contributed by atoms with Crippen LogP contribution in [-0.2, 0) is 0 Å². The lowest BCUT2D eigenvalue weighted by Gasteiger charge is -2.15. The Labute approximate surface area is 76.4 Å². The van der Waals surface area contributed by atoms with Crippen molar-refractivity contribution in [2.75, 3.05) is 0 Å². The summed E-state index contributed by atoms with van der Waals surface area (Å²) in [5, 5.41) is 15.5. The zero-order valence-electron chi connectivity index (χ0n) is 7.60. The molecule has 0 saturated heterocycles. The van der Waals surface area contributed by atoms with Gasteiger partial charge in [-0.1, -0.05) is 0 Å². The van der Waals surface area contributed by atoms with Crippen molar-refractivity contribution in [3.63, 3.8) is 0 Å². The highest BCUT2D eigenvalue weighted by Gasteiger charge is 2.28. The lowest BCUT2D eigenvalue weighted by Crippen LogP contribution is -2.23. The van der Waals surface area contributed by atoms with E-state index in [1.165, 1.54) is 0 Å². The normalized spacial score (nSPS) is 18.8. The first kappa shape index (κ1) is 8.04. The molecule has 1 aliphatic rings. The van der Waals surface area contributed by atoms with Crippen LogP contribution < -0.4 is 0 Å². The average molecular weight is 174 g/mol. The molecule has 1 aromatic heterocycles. The molecule has 66 valence electrons. The highest BCUT2D eigenvalue weighted by Crippen LogP contribution is 2.24. The Bertz CT molecular complexity index is 364. The van der Waals surface area contributed by atoms with Gasteiger partial charge in [-0.3, -0.25) is 0 Å². The summed E-state index contributed by atoms with van der Waals surface area (Å²) in [6, 6.07) is 1.89. The van der Waals surface area contributed by atoms with E-state index in [1.54, 1.807) is 12.4 Å². The highest BCUT2D eigenvalue weighted by molar-refractivity contribution is 6.14. The maximum absolute atomic E-state index is 4.08. The van der Waals surface area contributed by atoms with Gasteiger partial charge in [-0.25, -0.2) is 0 Å². The van der Waals surface area contributed by atoms with Crippen molar-refractivity contribution < 1.29 is 0 Å². The van der Waals surface area contributed by atoms with E-state index in [0.29, 0.717) is 0 Å². The molecule has 0 radical (unpaired) electrons. The van der Waals surface area contributed by atoms with Crippen molar-refractivity contribution in [3.05, 3.63) is 24.0 Å². The Kier molecular flexibility index (Phi) is 1.69. The molecule has 4 nitrogen and oxygen atoms in total. The summed E-state index contributed by atoms with van der Waals surface area (Å²) in [6.07, 6.45) is 5.20. The molecule has 0 aromatic carbocycles. The van der Waals surface area contributed by atoms with Gasteiger partial charge in [0.1, 0.15) is 0 Å². The molecule has 0 amide bonds. The molecule has 0 fully saturated rings. The van der Waals surface area contributed by atoms with E-state index in [0.717, 1.165) is 11.3 Å². The van der Waals surface area contributed by atoms with Crippen molar-refractivity contribution in [2.24, 2.45) is 15.6 Å². The molecule has 13 heavy (non-hydrogen) atoms. The van der Waals surface area contributed by atoms with Crippen molar-refractivity contribution in [1.82, 2.24) is 10.2 Å². The van der Waals surface area contributed by atoms with Gasteiger partial charge in [-0.15, -0.1) is 0 Å². The maximum atomic E-state index is 4.08. The van der Waals surface area contributed by atoms with Crippen molar-refractivity contribution in [2.45, 2.75) is 13.8 Å². The van der Waals surface area contributed by atoms with E-state index >= 15 is 0 Å². The highest BCUT2D eigenvalue weighted by atomic mass is 15.2. The molecule has 0 bridgehead atoms. The van der Waals surface area contributed by atoms with Crippen LogP contribution in [0.2, 0.25) is 0 Å². The summed E-state index contributed by atoms with van der Waals surface area (Å²) in [7, 11) is 0. The number of nitrogens with zero attached hydrogens (tertiary/aromatic N) is 4. The molecule has 0 saturated carbocycles. The number of hydrogen-bond donors (Lipinski definition) is 0. The Hall–Kier alpha value is -1.58. The molecule has 0 atom stereocenters. The van der Waals surface area contributed by atoms with Crippen molar-refractivity contribution in [1.29, 1.82) is 0 Å². The van der Waals surface area contributed by atoms with Gasteiger partial charge in [-0.05, 0) is 19.9 Å². The van der Waals surface area contributed by atoms with Gasteiger partial charge in [0.05, 0.1) is 18.1 Å². The van der Waals surface area contributed by atoms with Crippen LogP contribution in [0.5, 0.6) is 0 Å². The topological polar surface area (TPSA) is 50.5 Å². The van der Waals surface area contributed by atoms with Gasteiger partial charge in [-0.2, -0.15) is 20.4 Å². The first-order chi connectivity index (χ1) is 6.20. The van der Waals surface area contributed by atoms with E-state index in [-0.39, 0.29) is 5.41 Å². The first-order valence-electron chi connectivity index (χ1n) is 4.10. The van der Waals surface area contributed by atoms with Gasteiger partial charge in [0, 0.05) is 17.2 Å². The molecule has 1 aromatic rings. The minimum atomic E-state index is -0.0942. The Morgan fingerprint density at radius 2 is 2.08 bits per heavy atom. The van der Waals surface area contributed by atoms with Gasteiger partial charge >= 0.3 is 0 Å². The van der Waals surface area contributed by atoms with Gasteiger partial charge < -0.3 is 0 Å². The van der Waals surface area contributed by atoms with Crippen LogP contribution in [0.1, 0.15) is 19.4 Å². The molecule has 0 spiro atoms. The van der Waals surface area contributed by atoms with Crippen molar-refractivity contribution in [3.8, 4) is 0 Å². The zero-order valence-corrected chi connectivity index (χ0v) is 7.60. The van der Waals surface area contributed by atoms with Crippen LogP contribution in [0.25, 0.3) is 0 Å². The summed E-state index contributed by atoms with van der Waals surface area (Å²) in [5.74, 6) is 0. The third-order valence-corrected chi connectivity index (χ3v) is 2.01. The fourth-order valence-corrected chi connectivity index (χ4v) is 1.28. The van der Waals surface area contributed by atoms with Crippen molar-refractivity contribution >= 4 is 11.9 Å². The van der Waals surface area contributed by atoms with E-state index in [9.17, 15) is 0 Å². The second kappa shape index (κ2) is 2.73. The predicted octanol–water partition coefficient (Wildman–Crippen LogP) is 1.29. The molecule has 0 unspecified atom stereocenters. The smallest absolute Gasteiger partial charge is 0.0829 e. The van der Waals surface area contributed by atoms with Crippen LogP contribution in [0.4, 0.5) is 0 Å². The lowest BCUT2D eigenvalue weighted by atomic mass is 9.86. The third kappa shape index (κ3) is 1.35. The molecule has 1 aliphatic heterocycles. The fourth-order valence-electron chi connectivity index (χ4n) is 1.28. The van der Waals surface area contributed by atoms with Gasteiger partial charge in [0.15, 0.2) is 0 Å². The zero-order chi connectivity index (χ0) is 9.31. The van der Waals surface area contributed by atoms with E-state index in [2.05, 4.69) is 34.2 Å². The summed E-state index contributed by atoms with van der Waals surface area (Å²) >= 11 is 0. The summed E-state index contributed by atoms with van der Waals surface area (Å²) in [5.41, 5.74) is 1.84. The maximum Gasteiger partial charge on any atom is 0.0829 e. The minimum Gasteiger partial charge on any atom is -0.162 e. The number of hydrogen-bond acceptors (Lipinski definition) is 4. The van der Waals surface area contributed by atoms with Gasteiger partial charge in [0.2, 0.25) is 0 Å². The Morgan fingerprint density at radius 3 is 2.62 bits per heavy atom. The minimum absolute atomic E-state index is 0.0942. The molecular weight excluding hydrogens is 164 g/mol. The van der Waals surface area contributed by atoms with Crippen LogP contribution in [-0.4, -0.2) is 22.1 Å². The van der Waals surface area contributed by atoms with Crippen LogP contribution in [0, 0.1) is 5.41 Å². The number of rotatable bonds is 1. The third-order valence-electron chi connectivity index (χ3n) is 2.01. The number of aromatic nitrogens is 2. The Balaban J connectivity index is 2.40. The second-order valence-corrected chi connectivity index (χ2v) is 3.55. The van der Waals surface area contributed by atoms with E-state index in [1.807, 2.05) is 12.3 Å². The second-order valence-electron chi connectivity index (χ2n) is 3.55. The standard InChI is InChI=1S/C9H10N4/c1-9(2)6-12-13-8(9)7-3-4-10-11-5-7/h3-6H,1-2H3. The molecule has 4 heteroatoms. The quantitative estimate of drug-likeness (QED) is 0.644. The SMILES string of the molecule is CC1(C)C=NN=C1c1ccnnc1. The monoisotopic (exact) mass is 174 g/mol. The molecule has 2 rings (SSSR count). The summed E-state index contributed by atoms with van der Waals surface area (Å²) in [6.45, 7) is 4.14. The summed E-state index contributed by atoms with van der Waals surface area (Å²) in [4.78, 5) is 0. The fraction of sp³-hybridized carbons (Fsp3) is 0.333. The van der Waals surface area contributed by atoms with E-state index < -0.39 is 0 Å². The molecule has 0 aliphatic carbocycles. The Morgan fingerprint density at radius 1 is 1.23 bits per heavy atom. The van der Waals surface area contributed by atoms with E-state index in [4.69, 9.17) is 0 Å². The van der Waals surface area contributed by atoms with Gasteiger partial charge in [0.25, 0.3) is 0 Å².